The second-order valence-electron chi connectivity index (χ2n) is 5.85. The van der Waals surface area contributed by atoms with Crippen LogP contribution in [0, 0.1) is 5.92 Å². The first-order chi connectivity index (χ1) is 11.1. The van der Waals surface area contributed by atoms with Crippen LogP contribution in [0.5, 0.6) is 0 Å². The summed E-state index contributed by atoms with van der Waals surface area (Å²) >= 11 is 0. The number of amides is 2. The molecule has 126 valence electrons. The smallest absolute Gasteiger partial charge is 0.231 e. The van der Waals surface area contributed by atoms with E-state index in [1.54, 1.807) is 12.4 Å². The number of rotatable bonds is 8. The average Bonchev–Trinajstić information content (AvgIpc) is 2.55. The highest BCUT2D eigenvalue weighted by atomic mass is 16.2. The summed E-state index contributed by atoms with van der Waals surface area (Å²) in [7, 11) is 0. The van der Waals surface area contributed by atoms with Crippen LogP contribution in [0.15, 0.2) is 24.5 Å². The van der Waals surface area contributed by atoms with Crippen LogP contribution in [0.3, 0.4) is 0 Å². The normalized spacial score (nSPS) is 18.3. The van der Waals surface area contributed by atoms with Crippen LogP contribution in [-0.2, 0) is 9.59 Å². The number of nitrogens with one attached hydrogen (secondary N) is 2. The van der Waals surface area contributed by atoms with Crippen LogP contribution < -0.4 is 16.4 Å². The Morgan fingerprint density at radius 2 is 2.26 bits per heavy atom. The number of nitrogens with two attached hydrogens (primary N) is 1. The first-order valence-electron chi connectivity index (χ1n) is 8.07. The van der Waals surface area contributed by atoms with Crippen molar-refractivity contribution >= 4 is 17.5 Å². The highest BCUT2D eigenvalue weighted by Gasteiger charge is 2.25. The first kappa shape index (κ1) is 17.2. The predicted octanol–water partition coefficient (Wildman–Crippen LogP) is 0.197. The molecule has 4 N–H and O–H groups in total. The van der Waals surface area contributed by atoms with Gasteiger partial charge in [0.1, 0.15) is 0 Å². The van der Waals surface area contributed by atoms with Gasteiger partial charge in [-0.1, -0.05) is 0 Å². The number of carbonyl (C=O) groups excluding carboxylic acids is 2. The minimum atomic E-state index is -0.340. The van der Waals surface area contributed by atoms with Crippen LogP contribution in [-0.4, -0.2) is 54.4 Å². The third-order valence-electron chi connectivity index (χ3n) is 3.90. The van der Waals surface area contributed by atoms with E-state index in [0.29, 0.717) is 13.1 Å². The molecule has 0 spiro atoms. The molecule has 1 aromatic rings. The molecule has 0 aromatic carbocycles. The van der Waals surface area contributed by atoms with Crippen molar-refractivity contribution in [3.8, 4) is 0 Å². The fourth-order valence-electron chi connectivity index (χ4n) is 2.78. The number of aromatic nitrogens is 1. The van der Waals surface area contributed by atoms with E-state index >= 15 is 0 Å². The fraction of sp³-hybridized carbons (Fsp3) is 0.562. The standard InChI is InChI=1S/C16H25N5O2/c17-15(22)12-21-9-2-4-13(11-21)16(23)20-8-3-7-19-14-5-1-6-18-10-14/h1,5-6,10,13,19H,2-4,7-9,11-12H2,(H2,17,22)(H,20,23)/t13-/m1/s1. The van der Waals surface area contributed by atoms with Gasteiger partial charge in [-0.15, -0.1) is 0 Å². The third kappa shape index (κ3) is 6.23. The van der Waals surface area contributed by atoms with Crippen molar-refractivity contribution in [2.75, 3.05) is 38.0 Å². The molecule has 1 atom stereocenters. The van der Waals surface area contributed by atoms with Crippen LogP contribution in [0.1, 0.15) is 19.3 Å². The van der Waals surface area contributed by atoms with Gasteiger partial charge in [0, 0.05) is 32.0 Å². The molecule has 7 nitrogen and oxygen atoms in total. The highest BCUT2D eigenvalue weighted by Crippen LogP contribution is 2.16. The number of primary amides is 1. The number of carbonyl (C=O) groups is 2. The maximum Gasteiger partial charge on any atom is 0.231 e. The molecule has 2 amide bonds. The molecule has 7 heteroatoms. The minimum absolute atomic E-state index is 0.0469. The Hall–Kier alpha value is -2.15. The number of hydrogen-bond acceptors (Lipinski definition) is 5. The summed E-state index contributed by atoms with van der Waals surface area (Å²) in [5, 5.41) is 6.23. The first-order valence-corrected chi connectivity index (χ1v) is 8.07. The molecule has 1 aliphatic rings. The summed E-state index contributed by atoms with van der Waals surface area (Å²) in [5.74, 6) is -0.317. The topological polar surface area (TPSA) is 100 Å². The van der Waals surface area contributed by atoms with Crippen LogP contribution in [0.25, 0.3) is 0 Å². The third-order valence-corrected chi connectivity index (χ3v) is 3.90. The van der Waals surface area contributed by atoms with Gasteiger partial charge < -0.3 is 16.4 Å². The molecule has 1 aliphatic heterocycles. The van der Waals surface area contributed by atoms with E-state index in [1.807, 2.05) is 17.0 Å². The van der Waals surface area contributed by atoms with Crippen molar-refractivity contribution < 1.29 is 9.59 Å². The van der Waals surface area contributed by atoms with E-state index in [2.05, 4.69) is 15.6 Å². The van der Waals surface area contributed by atoms with Crippen LogP contribution in [0.4, 0.5) is 5.69 Å². The van der Waals surface area contributed by atoms with Gasteiger partial charge in [0.2, 0.25) is 11.8 Å². The molecule has 1 aromatic heterocycles. The fourth-order valence-corrected chi connectivity index (χ4v) is 2.78. The summed E-state index contributed by atoms with van der Waals surface area (Å²) in [5.41, 5.74) is 6.19. The Morgan fingerprint density at radius 1 is 1.39 bits per heavy atom. The van der Waals surface area contributed by atoms with E-state index in [1.165, 1.54) is 0 Å². The van der Waals surface area contributed by atoms with Gasteiger partial charge in [0.25, 0.3) is 0 Å². The maximum absolute atomic E-state index is 12.2. The number of anilines is 1. The molecule has 1 saturated heterocycles. The lowest BCUT2D eigenvalue weighted by Gasteiger charge is -2.30. The average molecular weight is 319 g/mol. The number of nitrogens with zero attached hydrogens (tertiary/aromatic N) is 2. The van der Waals surface area contributed by atoms with Gasteiger partial charge in [-0.3, -0.25) is 19.5 Å². The molecule has 2 heterocycles. The van der Waals surface area contributed by atoms with Gasteiger partial charge in [0.05, 0.1) is 18.2 Å². The Labute approximate surface area is 136 Å². The Bertz CT molecular complexity index is 508. The number of likely N-dealkylation sites (tertiary alicyclic amines) is 1. The van der Waals surface area contributed by atoms with E-state index in [0.717, 1.165) is 38.0 Å². The summed E-state index contributed by atoms with van der Waals surface area (Å²) in [6.45, 7) is 3.10. The van der Waals surface area contributed by atoms with Crippen molar-refractivity contribution in [1.29, 1.82) is 0 Å². The van der Waals surface area contributed by atoms with Crippen molar-refractivity contribution in [3.05, 3.63) is 24.5 Å². The summed E-state index contributed by atoms with van der Waals surface area (Å²) in [4.78, 5) is 29.1. The van der Waals surface area contributed by atoms with Crippen molar-refractivity contribution in [1.82, 2.24) is 15.2 Å². The molecule has 23 heavy (non-hydrogen) atoms. The number of hydrogen-bond donors (Lipinski definition) is 3. The van der Waals surface area contributed by atoms with Crippen molar-refractivity contribution in [3.63, 3.8) is 0 Å². The summed E-state index contributed by atoms with van der Waals surface area (Å²) in [6.07, 6.45) is 6.15. The molecule has 0 unspecified atom stereocenters. The molecule has 2 rings (SSSR count). The highest BCUT2D eigenvalue weighted by molar-refractivity contribution is 5.79. The molecular formula is C16H25N5O2. The van der Waals surface area contributed by atoms with Crippen molar-refractivity contribution in [2.45, 2.75) is 19.3 Å². The minimum Gasteiger partial charge on any atom is -0.384 e. The van der Waals surface area contributed by atoms with Crippen LogP contribution >= 0.6 is 0 Å². The van der Waals surface area contributed by atoms with Gasteiger partial charge in [-0.2, -0.15) is 0 Å². The Kier molecular flexibility index (Phi) is 6.80. The van der Waals surface area contributed by atoms with Gasteiger partial charge in [0.15, 0.2) is 0 Å². The quantitative estimate of drug-likeness (QED) is 0.594. The van der Waals surface area contributed by atoms with Gasteiger partial charge in [-0.25, -0.2) is 0 Å². The molecule has 0 saturated carbocycles. The number of piperidine rings is 1. The van der Waals surface area contributed by atoms with E-state index in [9.17, 15) is 9.59 Å². The summed E-state index contributed by atoms with van der Waals surface area (Å²) in [6, 6.07) is 3.84. The lowest BCUT2D eigenvalue weighted by molar-refractivity contribution is -0.128. The predicted molar refractivity (Wildman–Crippen MR) is 88.7 cm³/mol. The lowest BCUT2D eigenvalue weighted by Crippen LogP contribution is -2.45. The van der Waals surface area contributed by atoms with E-state index < -0.39 is 0 Å². The van der Waals surface area contributed by atoms with Crippen LogP contribution in [0.2, 0.25) is 0 Å². The van der Waals surface area contributed by atoms with Gasteiger partial charge in [-0.05, 0) is 37.9 Å². The Morgan fingerprint density at radius 3 is 3.00 bits per heavy atom. The zero-order chi connectivity index (χ0) is 16.5. The Balaban J connectivity index is 1.61. The molecule has 0 bridgehead atoms. The number of pyridine rings is 1. The molecule has 0 aliphatic carbocycles. The zero-order valence-electron chi connectivity index (χ0n) is 13.3. The van der Waals surface area contributed by atoms with E-state index in [-0.39, 0.29) is 24.3 Å². The monoisotopic (exact) mass is 319 g/mol. The maximum atomic E-state index is 12.2. The summed E-state index contributed by atoms with van der Waals surface area (Å²) < 4.78 is 0. The van der Waals surface area contributed by atoms with E-state index in [4.69, 9.17) is 5.73 Å². The molecule has 0 radical (unpaired) electrons. The zero-order valence-corrected chi connectivity index (χ0v) is 13.3. The second-order valence-corrected chi connectivity index (χ2v) is 5.85. The molecule has 1 fully saturated rings. The molecular weight excluding hydrogens is 294 g/mol. The van der Waals surface area contributed by atoms with Crippen molar-refractivity contribution in [2.24, 2.45) is 11.7 Å². The lowest BCUT2D eigenvalue weighted by atomic mass is 9.97. The largest absolute Gasteiger partial charge is 0.384 e. The second kappa shape index (κ2) is 9.09. The SMILES string of the molecule is NC(=O)CN1CCC[C@@H](C(=O)NCCCNc2cccnc2)C1. The van der Waals surface area contributed by atoms with Gasteiger partial charge >= 0.3 is 0 Å².